The number of carbonyl (C=O) groups is 1. The van der Waals surface area contributed by atoms with E-state index in [1.165, 1.54) is 19.5 Å². The Balaban J connectivity index is 2.04. The summed E-state index contributed by atoms with van der Waals surface area (Å²) < 4.78 is 10.9. The van der Waals surface area contributed by atoms with Gasteiger partial charge in [0, 0.05) is 41.4 Å². The Labute approximate surface area is 180 Å². The van der Waals surface area contributed by atoms with Crippen molar-refractivity contribution in [2.45, 2.75) is 20.5 Å². The number of ether oxygens (including phenoxy) is 2. The minimum absolute atomic E-state index is 0.0654. The van der Waals surface area contributed by atoms with Crippen molar-refractivity contribution in [2.75, 3.05) is 12.0 Å². The molecule has 0 amide bonds. The van der Waals surface area contributed by atoms with Crippen molar-refractivity contribution >= 4 is 34.2 Å². The molecule has 0 bridgehead atoms. The van der Waals surface area contributed by atoms with Gasteiger partial charge in [-0.05, 0) is 26.0 Å². The number of para-hydroxylation sites is 1. The molecule has 2 aromatic heterocycles. The molecule has 0 spiro atoms. The fourth-order valence-electron chi connectivity index (χ4n) is 3.10. The van der Waals surface area contributed by atoms with Crippen molar-refractivity contribution < 1.29 is 14.3 Å². The van der Waals surface area contributed by atoms with Crippen LogP contribution in [-0.4, -0.2) is 23.0 Å². The van der Waals surface area contributed by atoms with Crippen LogP contribution in [0, 0.1) is 6.92 Å². The number of carbonyl (C=O) groups excluding carboxylic acids is 1. The van der Waals surface area contributed by atoms with Crippen molar-refractivity contribution in [1.82, 2.24) is 9.97 Å². The van der Waals surface area contributed by atoms with Gasteiger partial charge >= 0.3 is 5.97 Å². The molecule has 7 heteroatoms. The van der Waals surface area contributed by atoms with Crippen molar-refractivity contribution in [3.63, 3.8) is 0 Å². The number of aromatic nitrogens is 2. The summed E-state index contributed by atoms with van der Waals surface area (Å²) in [7, 11) is 1.31. The summed E-state index contributed by atoms with van der Waals surface area (Å²) in [6.07, 6.45) is 8.48. The number of hydrogen-bond acceptors (Lipinski definition) is 6. The van der Waals surface area contributed by atoms with Crippen LogP contribution in [0.25, 0.3) is 10.9 Å². The van der Waals surface area contributed by atoms with Gasteiger partial charge in [0.25, 0.3) is 0 Å². The van der Waals surface area contributed by atoms with E-state index in [-0.39, 0.29) is 12.2 Å². The van der Waals surface area contributed by atoms with Gasteiger partial charge < -0.3 is 14.4 Å². The predicted molar refractivity (Wildman–Crippen MR) is 119 cm³/mol. The second-order valence-corrected chi connectivity index (χ2v) is 6.84. The SMILES string of the molecule is C=CN(/C=C\C)c1cc(C)nc2c(OCc3c(Cl)cncc3C(=O)OC)cccc12. The molecule has 0 aliphatic carbocycles. The minimum Gasteiger partial charge on any atom is -0.487 e. The molecule has 0 fully saturated rings. The zero-order valence-corrected chi connectivity index (χ0v) is 17.8. The molecule has 0 unspecified atom stereocenters. The molecule has 0 aliphatic heterocycles. The van der Waals surface area contributed by atoms with Gasteiger partial charge in [-0.25, -0.2) is 9.78 Å². The highest BCUT2D eigenvalue weighted by Gasteiger charge is 2.17. The summed E-state index contributed by atoms with van der Waals surface area (Å²) in [6, 6.07) is 7.69. The zero-order valence-electron chi connectivity index (χ0n) is 17.1. The van der Waals surface area contributed by atoms with Crippen molar-refractivity contribution in [1.29, 1.82) is 0 Å². The Morgan fingerprint density at radius 1 is 1.33 bits per heavy atom. The number of benzene rings is 1. The van der Waals surface area contributed by atoms with E-state index in [4.69, 9.17) is 21.1 Å². The summed E-state index contributed by atoms with van der Waals surface area (Å²) in [5.74, 6) is 0.0522. The first-order valence-corrected chi connectivity index (χ1v) is 9.65. The molecule has 0 saturated heterocycles. The number of methoxy groups -OCH3 is 1. The molecule has 0 saturated carbocycles. The highest BCUT2D eigenvalue weighted by atomic mass is 35.5. The third-order valence-corrected chi connectivity index (χ3v) is 4.80. The molecule has 2 heterocycles. The normalized spacial score (nSPS) is 10.9. The standard InChI is InChI=1S/C23H22ClN3O3/c1-5-10-27(6-2)20-11-15(3)26-22-16(20)8-7-9-21(22)30-14-18-17(23(28)29-4)12-25-13-19(18)24/h5-13H,2,14H2,1,3-4H3/b10-5-. The van der Waals surface area contributed by atoms with Crippen LogP contribution in [-0.2, 0) is 11.3 Å². The number of allylic oxidation sites excluding steroid dienone is 1. The van der Waals surface area contributed by atoms with Crippen molar-refractivity contribution in [2.24, 2.45) is 0 Å². The Kier molecular flexibility index (Phi) is 6.69. The average molecular weight is 424 g/mol. The van der Waals surface area contributed by atoms with Gasteiger partial charge in [0.2, 0.25) is 0 Å². The first kappa shape index (κ1) is 21.3. The fraction of sp³-hybridized carbons (Fsp3) is 0.174. The molecule has 30 heavy (non-hydrogen) atoms. The molecule has 1 aromatic carbocycles. The van der Waals surface area contributed by atoms with Gasteiger partial charge in [-0.3, -0.25) is 4.98 Å². The first-order valence-electron chi connectivity index (χ1n) is 9.27. The van der Waals surface area contributed by atoms with Gasteiger partial charge in [0.05, 0.1) is 23.4 Å². The van der Waals surface area contributed by atoms with Gasteiger partial charge in [-0.15, -0.1) is 0 Å². The smallest absolute Gasteiger partial charge is 0.339 e. The van der Waals surface area contributed by atoms with Crippen LogP contribution in [0.1, 0.15) is 28.5 Å². The van der Waals surface area contributed by atoms with Crippen LogP contribution >= 0.6 is 11.6 Å². The Bertz CT molecular complexity index is 1130. The molecule has 3 aromatic rings. The molecule has 0 aliphatic rings. The highest BCUT2D eigenvalue weighted by Crippen LogP contribution is 2.33. The summed E-state index contributed by atoms with van der Waals surface area (Å²) >= 11 is 6.27. The van der Waals surface area contributed by atoms with E-state index in [9.17, 15) is 4.79 Å². The molecule has 0 N–H and O–H groups in total. The Morgan fingerprint density at radius 2 is 2.13 bits per heavy atom. The summed E-state index contributed by atoms with van der Waals surface area (Å²) in [5.41, 5.74) is 3.25. The summed E-state index contributed by atoms with van der Waals surface area (Å²) in [6.45, 7) is 7.82. The topological polar surface area (TPSA) is 64.5 Å². The van der Waals surface area contributed by atoms with E-state index in [1.807, 2.05) is 55.3 Å². The second-order valence-electron chi connectivity index (χ2n) is 6.44. The maximum Gasteiger partial charge on any atom is 0.339 e. The quantitative estimate of drug-likeness (QED) is 0.471. The van der Waals surface area contributed by atoms with E-state index in [2.05, 4.69) is 16.5 Å². The van der Waals surface area contributed by atoms with Crippen LogP contribution in [0.2, 0.25) is 5.02 Å². The van der Waals surface area contributed by atoms with Gasteiger partial charge in [0.15, 0.2) is 0 Å². The fourth-order valence-corrected chi connectivity index (χ4v) is 3.32. The van der Waals surface area contributed by atoms with Crippen molar-refractivity contribution in [3.8, 4) is 5.75 Å². The predicted octanol–water partition coefficient (Wildman–Crippen LogP) is 5.44. The van der Waals surface area contributed by atoms with Crippen LogP contribution in [0.5, 0.6) is 5.75 Å². The number of esters is 1. The summed E-state index contributed by atoms with van der Waals surface area (Å²) in [4.78, 5) is 22.6. The van der Waals surface area contributed by atoms with E-state index in [0.717, 1.165) is 16.8 Å². The number of halogens is 1. The molecule has 154 valence electrons. The molecule has 6 nitrogen and oxygen atoms in total. The molecule has 3 rings (SSSR count). The average Bonchev–Trinajstić information content (AvgIpc) is 2.75. The van der Waals surface area contributed by atoms with Crippen LogP contribution < -0.4 is 9.64 Å². The minimum atomic E-state index is -0.522. The number of aryl methyl sites for hydroxylation is 1. The van der Waals surface area contributed by atoms with Crippen molar-refractivity contribution in [3.05, 3.63) is 83.6 Å². The molecular formula is C23H22ClN3O3. The lowest BCUT2D eigenvalue weighted by atomic mass is 10.1. The lowest BCUT2D eigenvalue weighted by Crippen LogP contribution is -2.10. The third kappa shape index (κ3) is 4.28. The maximum absolute atomic E-state index is 12.1. The number of hydrogen-bond donors (Lipinski definition) is 0. The van der Waals surface area contributed by atoms with E-state index in [0.29, 0.717) is 21.9 Å². The largest absolute Gasteiger partial charge is 0.487 e. The zero-order chi connectivity index (χ0) is 21.7. The lowest BCUT2D eigenvalue weighted by Gasteiger charge is -2.19. The first-order chi connectivity index (χ1) is 14.5. The van der Waals surface area contributed by atoms with E-state index in [1.54, 1.807) is 6.20 Å². The number of nitrogens with zero attached hydrogens (tertiary/aromatic N) is 3. The van der Waals surface area contributed by atoms with Crippen LogP contribution in [0.4, 0.5) is 5.69 Å². The maximum atomic E-state index is 12.1. The number of rotatable bonds is 7. The highest BCUT2D eigenvalue weighted by molar-refractivity contribution is 6.31. The van der Waals surface area contributed by atoms with Gasteiger partial charge in [0.1, 0.15) is 17.9 Å². The lowest BCUT2D eigenvalue weighted by molar-refractivity contribution is 0.0597. The number of anilines is 1. The summed E-state index contributed by atoms with van der Waals surface area (Å²) in [5, 5.41) is 1.24. The Morgan fingerprint density at radius 3 is 2.83 bits per heavy atom. The Hall–Kier alpha value is -3.38. The van der Waals surface area contributed by atoms with E-state index < -0.39 is 5.97 Å². The molecular weight excluding hydrogens is 402 g/mol. The van der Waals surface area contributed by atoms with E-state index >= 15 is 0 Å². The monoisotopic (exact) mass is 423 g/mol. The second kappa shape index (κ2) is 9.41. The number of pyridine rings is 2. The molecule has 0 atom stereocenters. The van der Waals surface area contributed by atoms with Gasteiger partial charge in [-0.2, -0.15) is 0 Å². The van der Waals surface area contributed by atoms with Crippen LogP contribution in [0.15, 0.2) is 61.7 Å². The van der Waals surface area contributed by atoms with Crippen LogP contribution in [0.3, 0.4) is 0 Å². The number of fused-ring (bicyclic) bond motifs is 1. The third-order valence-electron chi connectivity index (χ3n) is 4.48. The molecule has 0 radical (unpaired) electrons. The van der Waals surface area contributed by atoms with Gasteiger partial charge in [-0.1, -0.05) is 36.4 Å².